The van der Waals surface area contributed by atoms with E-state index in [2.05, 4.69) is 20.5 Å². The minimum absolute atomic E-state index is 0.0189. The van der Waals surface area contributed by atoms with Crippen LogP contribution in [0.1, 0.15) is 22.8 Å². The highest BCUT2D eigenvalue weighted by Gasteiger charge is 2.33. The van der Waals surface area contributed by atoms with Crippen LogP contribution >= 0.6 is 0 Å². The van der Waals surface area contributed by atoms with Gasteiger partial charge in [0.15, 0.2) is 0 Å². The summed E-state index contributed by atoms with van der Waals surface area (Å²) in [5, 5.41) is 9.93. The van der Waals surface area contributed by atoms with Crippen LogP contribution in [0, 0.1) is 0 Å². The highest BCUT2D eigenvalue weighted by atomic mass is 16.5. The number of nitrogens with zero attached hydrogens (tertiary/aromatic N) is 2. The second kappa shape index (κ2) is 7.59. The van der Waals surface area contributed by atoms with Crippen LogP contribution in [0.2, 0.25) is 0 Å². The first kappa shape index (κ1) is 18.4. The molecule has 4 rings (SSSR count). The van der Waals surface area contributed by atoms with Crippen LogP contribution in [0.3, 0.4) is 0 Å². The second-order valence-electron chi connectivity index (χ2n) is 6.54. The molecule has 0 fully saturated rings. The molecular formula is C21H18N4O4. The number of nitrogens with one attached hydrogen (secondary N) is 2. The van der Waals surface area contributed by atoms with Gasteiger partial charge in [0.05, 0.1) is 25.3 Å². The van der Waals surface area contributed by atoms with E-state index in [4.69, 9.17) is 0 Å². The number of fused-ring (bicyclic) bond motifs is 1. The third-order valence-corrected chi connectivity index (χ3v) is 4.69. The van der Waals surface area contributed by atoms with Gasteiger partial charge in [0.25, 0.3) is 0 Å². The van der Waals surface area contributed by atoms with E-state index in [1.807, 2.05) is 30.3 Å². The zero-order valence-corrected chi connectivity index (χ0v) is 15.6. The molecule has 8 heteroatoms. The molecule has 1 aromatic heterocycles. The van der Waals surface area contributed by atoms with Crippen molar-refractivity contribution < 1.29 is 19.1 Å². The van der Waals surface area contributed by atoms with Crippen molar-refractivity contribution in [3.63, 3.8) is 0 Å². The van der Waals surface area contributed by atoms with Crippen LogP contribution < -0.4 is 10.6 Å². The van der Waals surface area contributed by atoms with Crippen LogP contribution in [0.4, 0.5) is 11.5 Å². The lowest BCUT2D eigenvalue weighted by Crippen LogP contribution is -2.35. The molecule has 2 amide bonds. The van der Waals surface area contributed by atoms with Crippen molar-refractivity contribution >= 4 is 29.3 Å². The van der Waals surface area contributed by atoms with Gasteiger partial charge >= 0.3 is 5.97 Å². The second-order valence-corrected chi connectivity index (χ2v) is 6.54. The van der Waals surface area contributed by atoms with Gasteiger partial charge in [0.1, 0.15) is 11.9 Å². The van der Waals surface area contributed by atoms with E-state index in [1.165, 1.54) is 11.8 Å². The summed E-state index contributed by atoms with van der Waals surface area (Å²) in [5.74, 6) is -0.582. The lowest BCUT2D eigenvalue weighted by atomic mass is 10.1. The van der Waals surface area contributed by atoms with Crippen LogP contribution in [-0.4, -0.2) is 34.7 Å². The van der Waals surface area contributed by atoms with Crippen LogP contribution in [0.25, 0.3) is 11.1 Å². The number of aromatic nitrogens is 2. The van der Waals surface area contributed by atoms with Crippen molar-refractivity contribution in [3.05, 3.63) is 66.4 Å². The molecule has 3 aromatic rings. The molecule has 0 unspecified atom stereocenters. The maximum Gasteiger partial charge on any atom is 0.337 e. The van der Waals surface area contributed by atoms with E-state index in [0.717, 1.165) is 11.1 Å². The minimum Gasteiger partial charge on any atom is -0.465 e. The van der Waals surface area contributed by atoms with E-state index in [-0.39, 0.29) is 18.2 Å². The monoisotopic (exact) mass is 390 g/mol. The molecule has 0 saturated heterocycles. The van der Waals surface area contributed by atoms with Crippen molar-refractivity contribution in [1.82, 2.24) is 9.78 Å². The Bertz CT molecular complexity index is 1070. The number of esters is 1. The summed E-state index contributed by atoms with van der Waals surface area (Å²) in [7, 11) is 1.30. The van der Waals surface area contributed by atoms with E-state index >= 15 is 0 Å². The molecule has 0 bridgehead atoms. The summed E-state index contributed by atoms with van der Waals surface area (Å²) in [5.41, 5.74) is 2.53. The smallest absolute Gasteiger partial charge is 0.337 e. The Morgan fingerprint density at radius 1 is 1.14 bits per heavy atom. The van der Waals surface area contributed by atoms with Gasteiger partial charge in [-0.3, -0.25) is 9.59 Å². The molecular weight excluding hydrogens is 372 g/mol. The first-order valence-corrected chi connectivity index (χ1v) is 8.99. The number of carbonyl (C=O) groups excluding carboxylic acids is 3. The molecule has 2 heterocycles. The number of ether oxygens (including phenoxy) is 1. The summed E-state index contributed by atoms with van der Waals surface area (Å²) >= 11 is 0. The Kier molecular flexibility index (Phi) is 4.82. The Hall–Kier alpha value is -3.94. The molecule has 146 valence electrons. The van der Waals surface area contributed by atoms with Gasteiger partial charge in [0.2, 0.25) is 11.8 Å². The Morgan fingerprint density at radius 3 is 2.55 bits per heavy atom. The van der Waals surface area contributed by atoms with Gasteiger partial charge in [-0.1, -0.05) is 30.3 Å². The zero-order valence-electron chi connectivity index (χ0n) is 15.6. The average molecular weight is 390 g/mol. The third kappa shape index (κ3) is 3.60. The molecule has 1 aliphatic heterocycles. The average Bonchev–Trinajstić information content (AvgIpc) is 3.17. The fraction of sp³-hybridized carbons (Fsp3) is 0.143. The van der Waals surface area contributed by atoms with Gasteiger partial charge in [0, 0.05) is 11.3 Å². The molecule has 1 aliphatic rings. The summed E-state index contributed by atoms with van der Waals surface area (Å²) in [4.78, 5) is 36.6. The number of rotatable bonds is 4. The molecule has 0 aliphatic carbocycles. The van der Waals surface area contributed by atoms with Crippen molar-refractivity contribution in [2.45, 2.75) is 12.5 Å². The van der Waals surface area contributed by atoms with Crippen LogP contribution in [0.15, 0.2) is 60.8 Å². The van der Waals surface area contributed by atoms with Crippen LogP contribution in [-0.2, 0) is 14.3 Å². The molecule has 2 aromatic carbocycles. The number of benzene rings is 2. The first-order valence-electron chi connectivity index (χ1n) is 8.99. The number of hydrogen-bond donors (Lipinski definition) is 2. The topological polar surface area (TPSA) is 102 Å². The predicted octanol–water partition coefficient (Wildman–Crippen LogP) is 2.86. The fourth-order valence-electron chi connectivity index (χ4n) is 3.23. The lowest BCUT2D eigenvalue weighted by molar-refractivity contribution is -0.125. The van der Waals surface area contributed by atoms with Gasteiger partial charge in [-0.25, -0.2) is 9.48 Å². The third-order valence-electron chi connectivity index (χ3n) is 4.69. The largest absolute Gasteiger partial charge is 0.465 e. The predicted molar refractivity (Wildman–Crippen MR) is 106 cm³/mol. The Morgan fingerprint density at radius 2 is 1.86 bits per heavy atom. The molecule has 29 heavy (non-hydrogen) atoms. The Labute approximate surface area is 166 Å². The van der Waals surface area contributed by atoms with Crippen molar-refractivity contribution in [2.75, 3.05) is 17.7 Å². The highest BCUT2D eigenvalue weighted by molar-refractivity contribution is 6.03. The number of hydrogen-bond acceptors (Lipinski definition) is 5. The van der Waals surface area contributed by atoms with Gasteiger partial charge < -0.3 is 15.4 Å². The van der Waals surface area contributed by atoms with Crippen molar-refractivity contribution in [3.8, 4) is 11.1 Å². The molecule has 2 N–H and O–H groups in total. The van der Waals surface area contributed by atoms with Crippen molar-refractivity contribution in [2.24, 2.45) is 0 Å². The molecule has 1 atom stereocenters. The number of carbonyl (C=O) groups is 3. The quantitative estimate of drug-likeness (QED) is 0.667. The summed E-state index contributed by atoms with van der Waals surface area (Å²) < 4.78 is 6.19. The highest BCUT2D eigenvalue weighted by Crippen LogP contribution is 2.34. The minimum atomic E-state index is -0.781. The summed E-state index contributed by atoms with van der Waals surface area (Å²) in [6.07, 6.45) is 1.62. The number of amides is 2. The zero-order chi connectivity index (χ0) is 20.4. The van der Waals surface area contributed by atoms with E-state index in [9.17, 15) is 14.4 Å². The fourth-order valence-corrected chi connectivity index (χ4v) is 3.23. The lowest BCUT2D eigenvalue weighted by Gasteiger charge is -2.24. The normalized spacial score (nSPS) is 15.2. The van der Waals surface area contributed by atoms with Crippen LogP contribution in [0.5, 0.6) is 0 Å². The van der Waals surface area contributed by atoms with Crippen molar-refractivity contribution in [1.29, 1.82) is 0 Å². The first-order chi connectivity index (χ1) is 14.1. The molecule has 8 nitrogen and oxygen atoms in total. The van der Waals surface area contributed by atoms with Gasteiger partial charge in [-0.05, 0) is 29.8 Å². The van der Waals surface area contributed by atoms with Gasteiger partial charge in [-0.2, -0.15) is 5.10 Å². The summed E-state index contributed by atoms with van der Waals surface area (Å²) in [6.45, 7) is 0. The Balaban J connectivity index is 1.58. The molecule has 0 radical (unpaired) electrons. The number of methoxy groups -OCH3 is 1. The van der Waals surface area contributed by atoms with E-state index in [1.54, 1.807) is 30.5 Å². The van der Waals surface area contributed by atoms with Gasteiger partial charge in [-0.15, -0.1) is 0 Å². The number of anilines is 2. The molecule has 0 spiro atoms. The molecule has 0 saturated carbocycles. The maximum atomic E-state index is 12.9. The van der Waals surface area contributed by atoms with E-state index in [0.29, 0.717) is 17.1 Å². The van der Waals surface area contributed by atoms with E-state index < -0.39 is 12.0 Å². The standard InChI is InChI=1S/C21H18N4O4/c1-29-21(28)14-7-9-15(10-8-14)23-20(27)17-11-18(26)24-19-16(12-22-25(17)19)13-5-3-2-4-6-13/h2-10,12,17H,11H2,1H3,(H,23,27)(H,24,26)/t17-/m1/s1. The summed E-state index contributed by atoms with van der Waals surface area (Å²) in [6, 6.07) is 15.1. The SMILES string of the molecule is COC(=O)c1ccc(NC(=O)[C@H]2CC(=O)Nc3c(-c4ccccc4)cnn32)cc1. The maximum absolute atomic E-state index is 12.9.